The Hall–Kier alpha value is -2.48. The van der Waals surface area contributed by atoms with Crippen LogP contribution < -0.4 is 28.7 Å². The zero-order valence-electron chi connectivity index (χ0n) is 22.1. The first-order valence-corrected chi connectivity index (χ1v) is 16.2. The summed E-state index contributed by atoms with van der Waals surface area (Å²) in [5, 5.41) is 0. The van der Waals surface area contributed by atoms with Crippen molar-refractivity contribution in [2.75, 3.05) is 0 Å². The van der Waals surface area contributed by atoms with Crippen LogP contribution in [-0.4, -0.2) is 3.81 Å². The normalized spacial score (nSPS) is 14.8. The number of hydrogen-bond acceptors (Lipinski definition) is 0. The molecule has 7 rings (SSSR count). The Morgan fingerprint density at radius 3 is 1.92 bits per heavy atom. The molecule has 0 heterocycles. The van der Waals surface area contributed by atoms with Gasteiger partial charge in [-0.25, -0.2) is 0 Å². The largest absolute Gasteiger partial charge is 1.00 e. The fourth-order valence-corrected chi connectivity index (χ4v) is 11.9. The standard InChI is InChI=1S/C25H17.C6H10.C5H5.2ClH.Ti/c1-3-7-18(8-4-1)20-11-13-22-15-23-14-12-21(17-25(23)24(22)16-20)19-9-5-2-6-10-19;1-2-4-6-5-3-1;1-2-4-5-3-1;;;/h1-13,16-17H,15H2;1-5H2;1-3H,4H2;2*1H;/q;;;;;+2/p-2. The minimum Gasteiger partial charge on any atom is -1.00 e. The van der Waals surface area contributed by atoms with Gasteiger partial charge in [0.15, 0.2) is 0 Å². The van der Waals surface area contributed by atoms with E-state index in [2.05, 4.69) is 109 Å². The molecule has 1 saturated carbocycles. The van der Waals surface area contributed by atoms with Crippen LogP contribution in [0.3, 0.4) is 0 Å². The van der Waals surface area contributed by atoms with Crippen molar-refractivity contribution < 1.29 is 42.2 Å². The van der Waals surface area contributed by atoms with Crippen molar-refractivity contribution in [3.05, 3.63) is 124 Å². The molecule has 3 heteroatoms. The molecule has 0 nitrogen and oxygen atoms in total. The third-order valence-electron chi connectivity index (χ3n) is 8.40. The van der Waals surface area contributed by atoms with E-state index >= 15 is 0 Å². The summed E-state index contributed by atoms with van der Waals surface area (Å²) in [6.07, 6.45) is 16.3. The number of halogens is 2. The van der Waals surface area contributed by atoms with Crippen molar-refractivity contribution in [1.82, 2.24) is 0 Å². The molecule has 0 unspecified atom stereocenters. The van der Waals surface area contributed by atoms with Gasteiger partial charge >= 0.3 is 228 Å². The van der Waals surface area contributed by atoms with Crippen LogP contribution in [0.1, 0.15) is 49.7 Å². The second-order valence-electron chi connectivity index (χ2n) is 10.7. The van der Waals surface area contributed by atoms with Crippen molar-refractivity contribution >= 4 is 7.68 Å². The SMILES string of the molecule is C1=CC[C]([Ti+2](=[C]2CCCCC2)[c]2cc(-c3ccccc3)cc3c2Cc2ccc(-c4ccccc4)cc2-3)=C1.[Cl-].[Cl-]. The zero-order valence-corrected chi connectivity index (χ0v) is 25.2. The Morgan fingerprint density at radius 1 is 0.590 bits per heavy atom. The third kappa shape index (κ3) is 5.46. The van der Waals surface area contributed by atoms with E-state index in [9.17, 15) is 0 Å². The van der Waals surface area contributed by atoms with E-state index in [4.69, 9.17) is 0 Å². The summed E-state index contributed by atoms with van der Waals surface area (Å²) in [7, 11) is 0. The quantitative estimate of drug-likeness (QED) is 0.286. The van der Waals surface area contributed by atoms with Gasteiger partial charge in [0.1, 0.15) is 0 Å². The van der Waals surface area contributed by atoms with Crippen LogP contribution in [0.25, 0.3) is 33.4 Å². The number of fused-ring (bicyclic) bond motifs is 3. The molecule has 4 aromatic carbocycles. The van der Waals surface area contributed by atoms with Gasteiger partial charge in [-0.1, -0.05) is 0 Å². The molecule has 0 N–H and O–H groups in total. The Bertz CT molecular complexity index is 1570. The van der Waals surface area contributed by atoms with E-state index in [1.165, 1.54) is 71.0 Å². The van der Waals surface area contributed by atoms with Gasteiger partial charge in [-0.15, -0.1) is 0 Å². The van der Waals surface area contributed by atoms with Gasteiger partial charge in [0.2, 0.25) is 0 Å². The summed E-state index contributed by atoms with van der Waals surface area (Å²) in [4.78, 5) is 0. The molecule has 0 bridgehead atoms. The van der Waals surface area contributed by atoms with Gasteiger partial charge < -0.3 is 24.8 Å². The van der Waals surface area contributed by atoms with Crippen molar-refractivity contribution in [1.29, 1.82) is 0 Å². The van der Waals surface area contributed by atoms with Gasteiger partial charge in [0.05, 0.1) is 0 Å². The van der Waals surface area contributed by atoms with Crippen molar-refractivity contribution in [3.63, 3.8) is 0 Å². The van der Waals surface area contributed by atoms with Crippen LogP contribution in [0.4, 0.5) is 0 Å². The van der Waals surface area contributed by atoms with Gasteiger partial charge in [-0.2, -0.15) is 0 Å². The van der Waals surface area contributed by atoms with Crippen LogP contribution in [0.5, 0.6) is 0 Å². The second-order valence-corrected chi connectivity index (χ2v) is 14.8. The van der Waals surface area contributed by atoms with Crippen LogP contribution in [0.15, 0.2) is 113 Å². The van der Waals surface area contributed by atoms with Gasteiger partial charge in [0, 0.05) is 0 Å². The molecule has 0 aromatic heterocycles. The monoisotopic (exact) mass is 582 g/mol. The molecule has 3 aliphatic rings. The molecule has 0 saturated heterocycles. The van der Waals surface area contributed by atoms with E-state index in [0.717, 1.165) is 12.8 Å². The topological polar surface area (TPSA) is 0 Å². The van der Waals surface area contributed by atoms with Gasteiger partial charge in [-0.3, -0.25) is 0 Å². The van der Waals surface area contributed by atoms with E-state index in [-0.39, 0.29) is 24.8 Å². The summed E-state index contributed by atoms with van der Waals surface area (Å²) in [5.74, 6) is 0. The van der Waals surface area contributed by atoms with Crippen LogP contribution in [-0.2, 0) is 23.8 Å². The van der Waals surface area contributed by atoms with Crippen molar-refractivity contribution in [2.24, 2.45) is 0 Å². The minimum atomic E-state index is -1.78. The van der Waals surface area contributed by atoms with Crippen molar-refractivity contribution in [2.45, 2.75) is 44.9 Å². The number of benzene rings is 4. The number of allylic oxidation sites excluding steroid dienone is 4. The molecule has 3 aliphatic carbocycles. The van der Waals surface area contributed by atoms with E-state index < -0.39 is 17.4 Å². The maximum Gasteiger partial charge on any atom is -1.00 e. The minimum absolute atomic E-state index is 0. The van der Waals surface area contributed by atoms with E-state index in [1.807, 2.05) is 3.81 Å². The molecule has 1 fully saturated rings. The van der Waals surface area contributed by atoms with Gasteiger partial charge in [-0.05, 0) is 0 Å². The smallest absolute Gasteiger partial charge is 1.00 e. The van der Waals surface area contributed by atoms with E-state index in [1.54, 1.807) is 13.3 Å². The summed E-state index contributed by atoms with van der Waals surface area (Å²) in [6, 6.07) is 34.2. The first-order chi connectivity index (χ1) is 18.3. The predicted molar refractivity (Wildman–Crippen MR) is 155 cm³/mol. The average molecular weight is 583 g/mol. The molecule has 0 spiro atoms. The molecule has 0 radical (unpaired) electrons. The third-order valence-corrected chi connectivity index (χ3v) is 13.4. The first-order valence-electron chi connectivity index (χ1n) is 13.8. The molecular formula is C36H32Cl2Ti. The van der Waals surface area contributed by atoms with Crippen LogP contribution >= 0.6 is 0 Å². The molecular weight excluding hydrogens is 551 g/mol. The van der Waals surface area contributed by atoms with Crippen LogP contribution in [0, 0.1) is 0 Å². The van der Waals surface area contributed by atoms with Crippen molar-refractivity contribution in [3.8, 4) is 33.4 Å². The summed E-state index contributed by atoms with van der Waals surface area (Å²) < 4.78 is 5.40. The number of rotatable bonds is 4. The summed E-state index contributed by atoms with van der Waals surface area (Å²) in [6.45, 7) is 0. The maximum absolute atomic E-state index is 2.62. The first kappa shape index (κ1) is 28.1. The fraction of sp³-hybridized carbons (Fsp3) is 0.194. The fourth-order valence-electron chi connectivity index (χ4n) is 6.56. The molecule has 0 atom stereocenters. The molecule has 0 aliphatic heterocycles. The Kier molecular flexibility index (Phi) is 8.90. The Morgan fingerprint density at radius 2 is 1.26 bits per heavy atom. The van der Waals surface area contributed by atoms with Crippen LogP contribution in [0.2, 0.25) is 0 Å². The average Bonchev–Trinajstić information content (AvgIpc) is 3.63. The Balaban J connectivity index is 0.00000154. The Labute approximate surface area is 251 Å². The van der Waals surface area contributed by atoms with Gasteiger partial charge in [0.25, 0.3) is 0 Å². The summed E-state index contributed by atoms with van der Waals surface area (Å²) in [5.41, 5.74) is 11.4. The van der Waals surface area contributed by atoms with E-state index in [0.29, 0.717) is 0 Å². The zero-order chi connectivity index (χ0) is 24.6. The number of hydrogen-bond donors (Lipinski definition) is 0. The molecule has 194 valence electrons. The second kappa shape index (κ2) is 12.4. The predicted octanol–water partition coefficient (Wildman–Crippen LogP) is 2.82. The molecule has 0 amide bonds. The molecule has 39 heavy (non-hydrogen) atoms. The summed E-state index contributed by atoms with van der Waals surface area (Å²) >= 11 is -1.78. The molecule has 4 aromatic rings. The maximum atomic E-state index is 2.62.